The van der Waals surface area contributed by atoms with E-state index in [9.17, 15) is 19.8 Å². The molecule has 1 atom stereocenters. The second kappa shape index (κ2) is 6.09. The fourth-order valence-corrected chi connectivity index (χ4v) is 4.84. The molecule has 4 rings (SSSR count). The molecule has 1 saturated heterocycles. The third-order valence-electron chi connectivity index (χ3n) is 5.04. The standard InChI is InChI=1S/C18H20N2O4S/c21-10-18(24)5-1-7-20(9-18)17(23)11-2-3-14-13(8-11)12-4-6-19-16(22)15(12)25-14/h2-3,8,21,24H,1,4-7,9-10H2,(H,19,22). The molecule has 2 aliphatic heterocycles. The van der Waals surface area contributed by atoms with E-state index in [0.717, 1.165) is 26.9 Å². The Morgan fingerprint density at radius 2 is 2.24 bits per heavy atom. The maximum atomic E-state index is 12.9. The molecule has 7 heteroatoms. The predicted octanol–water partition coefficient (Wildman–Crippen LogP) is 1.15. The van der Waals surface area contributed by atoms with Gasteiger partial charge in [-0.15, -0.1) is 11.3 Å². The highest BCUT2D eigenvalue weighted by molar-refractivity contribution is 7.21. The summed E-state index contributed by atoms with van der Waals surface area (Å²) in [6, 6.07) is 5.52. The van der Waals surface area contributed by atoms with Gasteiger partial charge >= 0.3 is 0 Å². The zero-order valence-corrected chi connectivity index (χ0v) is 14.6. The van der Waals surface area contributed by atoms with Crippen LogP contribution in [0.5, 0.6) is 0 Å². The summed E-state index contributed by atoms with van der Waals surface area (Å²) in [5.41, 5.74) is 0.364. The van der Waals surface area contributed by atoms with Crippen molar-refractivity contribution >= 4 is 33.2 Å². The molecule has 1 unspecified atom stereocenters. The first-order valence-electron chi connectivity index (χ1n) is 8.47. The van der Waals surface area contributed by atoms with E-state index >= 15 is 0 Å². The normalized spacial score (nSPS) is 23.4. The van der Waals surface area contributed by atoms with E-state index in [1.807, 2.05) is 12.1 Å². The van der Waals surface area contributed by atoms with Crippen LogP contribution in [0.4, 0.5) is 0 Å². The first-order chi connectivity index (χ1) is 12.0. The summed E-state index contributed by atoms with van der Waals surface area (Å²) >= 11 is 1.46. The molecule has 2 aliphatic rings. The molecule has 0 radical (unpaired) electrons. The minimum absolute atomic E-state index is 0.0423. The molecule has 132 valence electrons. The lowest BCUT2D eigenvalue weighted by Gasteiger charge is -2.38. The molecule has 0 aliphatic carbocycles. The van der Waals surface area contributed by atoms with E-state index in [1.54, 1.807) is 11.0 Å². The minimum atomic E-state index is -1.21. The molecular formula is C18H20N2O4S. The van der Waals surface area contributed by atoms with Gasteiger partial charge in [-0.05, 0) is 48.4 Å². The van der Waals surface area contributed by atoms with Crippen LogP contribution >= 0.6 is 11.3 Å². The third-order valence-corrected chi connectivity index (χ3v) is 6.25. The number of carbonyl (C=O) groups is 2. The number of piperidine rings is 1. The second-order valence-electron chi connectivity index (χ2n) is 6.84. The molecule has 3 heterocycles. The van der Waals surface area contributed by atoms with Crippen molar-refractivity contribution in [1.29, 1.82) is 0 Å². The molecule has 6 nitrogen and oxygen atoms in total. The Balaban J connectivity index is 1.67. The highest BCUT2D eigenvalue weighted by atomic mass is 32.1. The highest BCUT2D eigenvalue weighted by Gasteiger charge is 2.35. The van der Waals surface area contributed by atoms with Crippen molar-refractivity contribution < 1.29 is 19.8 Å². The SMILES string of the molecule is O=C1NCCc2c1sc1ccc(C(=O)N3CCCC(O)(CO)C3)cc21. The monoisotopic (exact) mass is 360 g/mol. The first kappa shape index (κ1) is 16.5. The van der Waals surface area contributed by atoms with Crippen LogP contribution in [0, 0.1) is 0 Å². The maximum absolute atomic E-state index is 12.9. The summed E-state index contributed by atoms with van der Waals surface area (Å²) in [4.78, 5) is 27.2. The molecular weight excluding hydrogens is 340 g/mol. The van der Waals surface area contributed by atoms with E-state index in [0.29, 0.717) is 31.5 Å². The van der Waals surface area contributed by atoms with Crippen molar-refractivity contribution in [3.05, 3.63) is 34.2 Å². The quantitative estimate of drug-likeness (QED) is 0.749. The zero-order valence-electron chi connectivity index (χ0n) is 13.7. The second-order valence-corrected chi connectivity index (χ2v) is 7.89. The van der Waals surface area contributed by atoms with Crippen molar-refractivity contribution in [2.75, 3.05) is 26.2 Å². The lowest BCUT2D eigenvalue weighted by molar-refractivity contribution is -0.0598. The number of benzene rings is 1. The molecule has 1 aromatic heterocycles. The Bertz CT molecular complexity index is 862. The van der Waals surface area contributed by atoms with Crippen LogP contribution in [0.3, 0.4) is 0 Å². The van der Waals surface area contributed by atoms with Crippen LogP contribution in [0.2, 0.25) is 0 Å². The number of fused-ring (bicyclic) bond motifs is 3. The minimum Gasteiger partial charge on any atom is -0.393 e. The van der Waals surface area contributed by atoms with Crippen molar-refractivity contribution in [2.45, 2.75) is 24.9 Å². The summed E-state index contributed by atoms with van der Waals surface area (Å²) in [6.45, 7) is 0.988. The number of aliphatic hydroxyl groups excluding tert-OH is 1. The summed E-state index contributed by atoms with van der Waals surface area (Å²) in [5, 5.41) is 23.5. The van der Waals surface area contributed by atoms with Gasteiger partial charge in [-0.2, -0.15) is 0 Å². The number of hydrogen-bond donors (Lipinski definition) is 3. The van der Waals surface area contributed by atoms with E-state index < -0.39 is 5.60 Å². The summed E-state index contributed by atoms with van der Waals surface area (Å²) in [7, 11) is 0. The van der Waals surface area contributed by atoms with Crippen molar-refractivity contribution in [3.8, 4) is 0 Å². The third kappa shape index (κ3) is 2.82. The highest BCUT2D eigenvalue weighted by Crippen LogP contribution is 2.34. The van der Waals surface area contributed by atoms with E-state index in [1.165, 1.54) is 11.3 Å². The van der Waals surface area contributed by atoms with Crippen molar-refractivity contribution in [2.24, 2.45) is 0 Å². The van der Waals surface area contributed by atoms with Gasteiger partial charge in [-0.25, -0.2) is 0 Å². The molecule has 0 spiro atoms. The summed E-state index contributed by atoms with van der Waals surface area (Å²) in [5.74, 6) is -0.187. The molecule has 3 N–H and O–H groups in total. The van der Waals surface area contributed by atoms with Gasteiger partial charge in [0.05, 0.1) is 18.0 Å². The topological polar surface area (TPSA) is 89.9 Å². The Kier molecular flexibility index (Phi) is 4.02. The Morgan fingerprint density at radius 1 is 1.40 bits per heavy atom. The number of β-amino-alcohol motifs (C(OH)–C–C–N with tert-alkyl or cyclic N) is 1. The number of thiophene rings is 1. The Morgan fingerprint density at radius 3 is 3.04 bits per heavy atom. The lowest BCUT2D eigenvalue weighted by atomic mass is 9.93. The van der Waals surface area contributed by atoms with Crippen molar-refractivity contribution in [3.63, 3.8) is 0 Å². The fraction of sp³-hybridized carbons (Fsp3) is 0.444. The molecule has 2 aromatic rings. The van der Waals surface area contributed by atoms with Crippen molar-refractivity contribution in [1.82, 2.24) is 10.2 Å². The number of aliphatic hydroxyl groups is 2. The van der Waals surface area contributed by atoms with E-state index in [-0.39, 0.29) is 25.0 Å². The Labute approximate surface area is 149 Å². The molecule has 25 heavy (non-hydrogen) atoms. The number of carbonyl (C=O) groups excluding carboxylic acids is 2. The van der Waals surface area contributed by atoms with Crippen LogP contribution < -0.4 is 5.32 Å². The van der Waals surface area contributed by atoms with Gasteiger partial charge in [0, 0.05) is 23.4 Å². The van der Waals surface area contributed by atoms with Gasteiger partial charge < -0.3 is 20.4 Å². The van der Waals surface area contributed by atoms with E-state index in [2.05, 4.69) is 5.32 Å². The molecule has 0 bridgehead atoms. The number of amides is 2. The van der Waals surface area contributed by atoms with Crippen LogP contribution in [-0.4, -0.2) is 58.8 Å². The van der Waals surface area contributed by atoms with Gasteiger partial charge in [0.15, 0.2) is 0 Å². The average molecular weight is 360 g/mol. The fourth-order valence-electron chi connectivity index (χ4n) is 3.69. The van der Waals surface area contributed by atoms with Gasteiger partial charge in [0.2, 0.25) is 0 Å². The summed E-state index contributed by atoms with van der Waals surface area (Å²) in [6.07, 6.45) is 1.94. The predicted molar refractivity (Wildman–Crippen MR) is 95.0 cm³/mol. The lowest BCUT2D eigenvalue weighted by Crippen LogP contribution is -2.52. The first-order valence-corrected chi connectivity index (χ1v) is 9.28. The number of nitrogens with one attached hydrogen (secondary N) is 1. The number of nitrogens with zero attached hydrogens (tertiary/aromatic N) is 1. The zero-order chi connectivity index (χ0) is 17.6. The largest absolute Gasteiger partial charge is 0.393 e. The van der Waals surface area contributed by atoms with Crippen LogP contribution in [0.1, 0.15) is 38.4 Å². The average Bonchev–Trinajstić information content (AvgIpc) is 3.00. The van der Waals surface area contributed by atoms with Gasteiger partial charge in [0.1, 0.15) is 5.60 Å². The smallest absolute Gasteiger partial charge is 0.261 e. The molecule has 0 saturated carbocycles. The van der Waals surface area contributed by atoms with Gasteiger partial charge in [-0.3, -0.25) is 9.59 Å². The van der Waals surface area contributed by atoms with E-state index in [4.69, 9.17) is 0 Å². The number of hydrogen-bond acceptors (Lipinski definition) is 5. The van der Waals surface area contributed by atoms with Crippen LogP contribution in [0.15, 0.2) is 18.2 Å². The maximum Gasteiger partial charge on any atom is 0.261 e. The molecule has 2 amide bonds. The van der Waals surface area contributed by atoms with Crippen LogP contribution in [0.25, 0.3) is 10.1 Å². The number of likely N-dealkylation sites (tertiary alicyclic amines) is 1. The number of rotatable bonds is 2. The molecule has 1 fully saturated rings. The van der Waals surface area contributed by atoms with Crippen LogP contribution in [-0.2, 0) is 6.42 Å². The molecule has 1 aromatic carbocycles. The van der Waals surface area contributed by atoms with Gasteiger partial charge in [0.25, 0.3) is 11.8 Å². The summed E-state index contributed by atoms with van der Waals surface area (Å²) < 4.78 is 1.00. The van der Waals surface area contributed by atoms with Gasteiger partial charge in [-0.1, -0.05) is 0 Å². The Hall–Kier alpha value is -1.96.